The Bertz CT molecular complexity index is 495. The number of benzene rings is 1. The number of hydrogen-bond donors (Lipinski definition) is 1. The fraction of sp³-hybridized carbons (Fsp3) is 0.529. The molecular formula is C17H22O4. The summed E-state index contributed by atoms with van der Waals surface area (Å²) < 4.78 is 16.5. The van der Waals surface area contributed by atoms with E-state index in [2.05, 4.69) is 11.8 Å². The summed E-state index contributed by atoms with van der Waals surface area (Å²) in [6, 6.07) is 5.80. The van der Waals surface area contributed by atoms with Gasteiger partial charge in [-0.3, -0.25) is 0 Å². The lowest BCUT2D eigenvalue weighted by atomic mass is 10.1. The Morgan fingerprint density at radius 1 is 1.43 bits per heavy atom. The minimum Gasteiger partial charge on any atom is -0.496 e. The average molecular weight is 290 g/mol. The minimum absolute atomic E-state index is 0.0859. The van der Waals surface area contributed by atoms with Crippen LogP contribution in [0.4, 0.5) is 0 Å². The highest BCUT2D eigenvalue weighted by Gasteiger charge is 2.15. The minimum atomic E-state index is 0.0859. The zero-order chi connectivity index (χ0) is 14.9. The van der Waals surface area contributed by atoms with E-state index >= 15 is 0 Å². The average Bonchev–Trinajstić information content (AvgIpc) is 3.01. The van der Waals surface area contributed by atoms with Gasteiger partial charge in [-0.2, -0.15) is 0 Å². The van der Waals surface area contributed by atoms with E-state index in [0.29, 0.717) is 25.6 Å². The molecule has 0 saturated carbocycles. The lowest BCUT2D eigenvalue weighted by Crippen LogP contribution is -2.09. The molecule has 1 heterocycles. The van der Waals surface area contributed by atoms with Crippen molar-refractivity contribution in [3.8, 4) is 17.6 Å². The van der Waals surface area contributed by atoms with E-state index < -0.39 is 0 Å². The molecule has 1 fully saturated rings. The number of ether oxygens (including phenoxy) is 3. The molecule has 2 rings (SSSR count). The van der Waals surface area contributed by atoms with Crippen LogP contribution >= 0.6 is 0 Å². The molecule has 1 saturated heterocycles. The quantitative estimate of drug-likeness (QED) is 0.814. The Morgan fingerprint density at radius 2 is 2.33 bits per heavy atom. The van der Waals surface area contributed by atoms with Gasteiger partial charge in [0.15, 0.2) is 0 Å². The van der Waals surface area contributed by atoms with Crippen molar-refractivity contribution < 1.29 is 19.3 Å². The maximum atomic E-state index is 8.75. The molecule has 114 valence electrons. The van der Waals surface area contributed by atoms with E-state index in [-0.39, 0.29) is 6.61 Å². The predicted octanol–water partition coefficient (Wildman–Crippen LogP) is 1.98. The van der Waals surface area contributed by atoms with Crippen LogP contribution in [0.3, 0.4) is 0 Å². The Labute approximate surface area is 126 Å². The topological polar surface area (TPSA) is 47.9 Å². The first-order valence-corrected chi connectivity index (χ1v) is 7.25. The molecule has 1 N–H and O–H groups in total. The monoisotopic (exact) mass is 290 g/mol. The predicted molar refractivity (Wildman–Crippen MR) is 80.2 cm³/mol. The van der Waals surface area contributed by atoms with E-state index in [4.69, 9.17) is 19.3 Å². The highest BCUT2D eigenvalue weighted by Crippen LogP contribution is 2.21. The van der Waals surface area contributed by atoms with Crippen molar-refractivity contribution in [3.05, 3.63) is 29.3 Å². The Kier molecular flexibility index (Phi) is 6.55. The van der Waals surface area contributed by atoms with Crippen LogP contribution in [0.5, 0.6) is 5.75 Å². The summed E-state index contributed by atoms with van der Waals surface area (Å²) in [6.07, 6.45) is 1.56. The van der Waals surface area contributed by atoms with Gasteiger partial charge in [-0.15, -0.1) is 0 Å². The lowest BCUT2D eigenvalue weighted by molar-refractivity contribution is 0.0780. The molecular weight excluding hydrogens is 268 g/mol. The van der Waals surface area contributed by atoms with Gasteiger partial charge in [-0.05, 0) is 24.6 Å². The fourth-order valence-corrected chi connectivity index (χ4v) is 2.24. The molecule has 1 atom stereocenters. The van der Waals surface area contributed by atoms with E-state index in [1.54, 1.807) is 7.11 Å². The van der Waals surface area contributed by atoms with Crippen LogP contribution in [-0.2, 0) is 16.1 Å². The van der Waals surface area contributed by atoms with Gasteiger partial charge in [0, 0.05) is 30.1 Å². The number of aliphatic hydroxyl groups excluding tert-OH is 1. The molecule has 1 aromatic rings. The van der Waals surface area contributed by atoms with Crippen LogP contribution in [0.1, 0.15) is 24.0 Å². The molecule has 0 amide bonds. The summed E-state index contributed by atoms with van der Waals surface area (Å²) in [7, 11) is 1.65. The van der Waals surface area contributed by atoms with E-state index in [1.807, 2.05) is 18.2 Å². The first-order chi connectivity index (χ1) is 10.3. The van der Waals surface area contributed by atoms with Crippen LogP contribution in [0.2, 0.25) is 0 Å². The third kappa shape index (κ3) is 5.05. The fourth-order valence-electron chi connectivity index (χ4n) is 2.24. The molecule has 4 heteroatoms. The van der Waals surface area contributed by atoms with Crippen LogP contribution in [0.15, 0.2) is 18.2 Å². The van der Waals surface area contributed by atoms with Gasteiger partial charge in [-0.1, -0.05) is 11.8 Å². The SMILES string of the molecule is COc1ccc(C#CCCO)cc1COCC1CCOC1. The van der Waals surface area contributed by atoms with Crippen molar-refractivity contribution >= 4 is 0 Å². The second-order valence-corrected chi connectivity index (χ2v) is 5.05. The molecule has 1 aliphatic heterocycles. The van der Waals surface area contributed by atoms with Crippen LogP contribution in [0.25, 0.3) is 0 Å². The highest BCUT2D eigenvalue weighted by atomic mass is 16.5. The van der Waals surface area contributed by atoms with Crippen molar-refractivity contribution in [3.63, 3.8) is 0 Å². The van der Waals surface area contributed by atoms with Crippen molar-refractivity contribution in [2.45, 2.75) is 19.4 Å². The second-order valence-electron chi connectivity index (χ2n) is 5.05. The first kappa shape index (κ1) is 15.8. The van der Waals surface area contributed by atoms with Gasteiger partial charge in [0.05, 0.1) is 33.5 Å². The van der Waals surface area contributed by atoms with Crippen molar-refractivity contribution in [1.82, 2.24) is 0 Å². The van der Waals surface area contributed by atoms with Crippen molar-refractivity contribution in [1.29, 1.82) is 0 Å². The molecule has 1 aromatic carbocycles. The highest BCUT2D eigenvalue weighted by molar-refractivity contribution is 5.44. The zero-order valence-electron chi connectivity index (χ0n) is 12.4. The van der Waals surface area contributed by atoms with E-state index in [1.165, 1.54) is 0 Å². The van der Waals surface area contributed by atoms with Gasteiger partial charge in [0.25, 0.3) is 0 Å². The van der Waals surface area contributed by atoms with Crippen molar-refractivity contribution in [2.75, 3.05) is 33.5 Å². The Morgan fingerprint density at radius 3 is 3.05 bits per heavy atom. The van der Waals surface area contributed by atoms with Gasteiger partial charge in [-0.25, -0.2) is 0 Å². The van der Waals surface area contributed by atoms with Crippen LogP contribution in [-0.4, -0.2) is 38.6 Å². The summed E-state index contributed by atoms with van der Waals surface area (Å²) in [6.45, 7) is 2.94. The van der Waals surface area contributed by atoms with Crippen LogP contribution in [0, 0.1) is 17.8 Å². The lowest BCUT2D eigenvalue weighted by Gasteiger charge is -2.12. The summed E-state index contributed by atoms with van der Waals surface area (Å²) in [5.74, 6) is 7.26. The van der Waals surface area contributed by atoms with Crippen molar-refractivity contribution in [2.24, 2.45) is 5.92 Å². The molecule has 0 aliphatic carbocycles. The maximum absolute atomic E-state index is 8.75. The standard InChI is InChI=1S/C17H22O4/c1-19-17-6-5-14(4-2-3-8-18)10-16(17)13-21-12-15-7-9-20-11-15/h5-6,10,15,18H,3,7-9,11-13H2,1H3. The number of hydrogen-bond acceptors (Lipinski definition) is 4. The van der Waals surface area contributed by atoms with E-state index in [9.17, 15) is 0 Å². The second kappa shape index (κ2) is 8.68. The smallest absolute Gasteiger partial charge is 0.124 e. The third-order valence-electron chi connectivity index (χ3n) is 3.39. The summed E-state index contributed by atoms with van der Waals surface area (Å²) in [5.41, 5.74) is 1.90. The van der Waals surface area contributed by atoms with Gasteiger partial charge in [0.1, 0.15) is 5.75 Å². The Balaban J connectivity index is 1.95. The number of methoxy groups -OCH3 is 1. The molecule has 0 aromatic heterocycles. The summed E-state index contributed by atoms with van der Waals surface area (Å²) >= 11 is 0. The molecule has 0 radical (unpaired) electrons. The number of aliphatic hydroxyl groups is 1. The Hall–Kier alpha value is -1.54. The molecule has 1 unspecified atom stereocenters. The normalized spacial score (nSPS) is 17.3. The van der Waals surface area contributed by atoms with Gasteiger partial charge in [0.2, 0.25) is 0 Å². The van der Waals surface area contributed by atoms with E-state index in [0.717, 1.165) is 36.5 Å². The van der Waals surface area contributed by atoms with Crippen LogP contribution < -0.4 is 4.74 Å². The summed E-state index contributed by atoms with van der Waals surface area (Å²) in [4.78, 5) is 0. The molecule has 21 heavy (non-hydrogen) atoms. The molecule has 1 aliphatic rings. The molecule has 0 spiro atoms. The van der Waals surface area contributed by atoms with Gasteiger partial charge >= 0.3 is 0 Å². The number of rotatable bonds is 6. The summed E-state index contributed by atoms with van der Waals surface area (Å²) in [5, 5.41) is 8.75. The molecule has 4 nitrogen and oxygen atoms in total. The third-order valence-corrected chi connectivity index (χ3v) is 3.39. The maximum Gasteiger partial charge on any atom is 0.124 e. The zero-order valence-corrected chi connectivity index (χ0v) is 12.4. The molecule has 0 bridgehead atoms. The first-order valence-electron chi connectivity index (χ1n) is 7.25. The van der Waals surface area contributed by atoms with Gasteiger partial charge < -0.3 is 19.3 Å². The largest absolute Gasteiger partial charge is 0.496 e.